The van der Waals surface area contributed by atoms with Crippen LogP contribution in [0.25, 0.3) is 0 Å². The zero-order valence-corrected chi connectivity index (χ0v) is 13.1. The van der Waals surface area contributed by atoms with E-state index in [0.717, 1.165) is 5.82 Å². The van der Waals surface area contributed by atoms with E-state index in [1.807, 2.05) is 20.0 Å². The first-order valence-electron chi connectivity index (χ1n) is 7.58. The Morgan fingerprint density at radius 2 is 1.84 bits per heavy atom. The highest BCUT2D eigenvalue weighted by atomic mass is 15.2. The van der Waals surface area contributed by atoms with Gasteiger partial charge in [0, 0.05) is 31.4 Å². The zero-order chi connectivity index (χ0) is 14.3. The molecule has 0 saturated carbocycles. The van der Waals surface area contributed by atoms with Crippen molar-refractivity contribution in [3.8, 4) is 0 Å². The summed E-state index contributed by atoms with van der Waals surface area (Å²) < 4.78 is 0. The molecule has 1 aromatic rings. The number of nitrogens with zero attached hydrogens (tertiary/aromatic N) is 2. The van der Waals surface area contributed by atoms with Gasteiger partial charge in [-0.25, -0.2) is 4.98 Å². The van der Waals surface area contributed by atoms with Gasteiger partial charge in [0.05, 0.1) is 0 Å². The van der Waals surface area contributed by atoms with Crippen LogP contribution in [0.2, 0.25) is 0 Å². The Morgan fingerprint density at radius 1 is 1.21 bits per heavy atom. The second-order valence-electron chi connectivity index (χ2n) is 5.27. The molecule has 0 aliphatic carbocycles. The Balaban J connectivity index is 0.000000861. The molecule has 2 rings (SSSR count). The first-order chi connectivity index (χ1) is 9.15. The first-order valence-corrected chi connectivity index (χ1v) is 7.58. The van der Waals surface area contributed by atoms with Gasteiger partial charge in [-0.05, 0) is 45.2 Å². The van der Waals surface area contributed by atoms with Crippen LogP contribution in [0.4, 0.5) is 5.82 Å². The molecule has 1 aliphatic rings. The summed E-state index contributed by atoms with van der Waals surface area (Å²) in [6.45, 7) is 13.0. The predicted molar refractivity (Wildman–Crippen MR) is 83.7 cm³/mol. The molecule has 2 heterocycles. The predicted octanol–water partition coefficient (Wildman–Crippen LogP) is 3.70. The number of piperidine rings is 1. The van der Waals surface area contributed by atoms with Crippen molar-refractivity contribution in [1.29, 1.82) is 0 Å². The number of hydrogen-bond acceptors (Lipinski definition) is 3. The molecule has 3 nitrogen and oxygen atoms in total. The fourth-order valence-corrected chi connectivity index (χ4v) is 2.32. The third kappa shape index (κ3) is 5.19. The summed E-state index contributed by atoms with van der Waals surface area (Å²) in [6, 6.07) is 5.44. The fourth-order valence-electron chi connectivity index (χ4n) is 2.32. The minimum atomic E-state index is 0.584. The number of likely N-dealkylation sites (tertiary alicyclic amines) is 1. The van der Waals surface area contributed by atoms with E-state index in [1.54, 1.807) is 0 Å². The van der Waals surface area contributed by atoms with Crippen LogP contribution in [0.3, 0.4) is 0 Å². The Labute approximate surface area is 118 Å². The van der Waals surface area contributed by atoms with Gasteiger partial charge >= 0.3 is 0 Å². The van der Waals surface area contributed by atoms with Crippen LogP contribution in [0.15, 0.2) is 18.3 Å². The van der Waals surface area contributed by atoms with E-state index in [2.05, 4.69) is 48.1 Å². The third-order valence-electron chi connectivity index (χ3n) is 3.52. The third-order valence-corrected chi connectivity index (χ3v) is 3.52. The molecule has 1 N–H and O–H groups in total. The number of nitrogens with one attached hydrogen (secondary N) is 1. The molecule has 0 radical (unpaired) electrons. The number of aromatic nitrogens is 1. The standard InChI is InChI=1S/C14H23N3.C2H6/c1-11(2)17-8-6-13(7-9-17)16-14-5-4-12(3)10-15-14;1-2/h4-5,10-11,13H,6-9H2,1-3H3,(H,15,16);1-2H3. The summed E-state index contributed by atoms with van der Waals surface area (Å²) in [5.74, 6) is 1.01. The molecule has 0 atom stereocenters. The van der Waals surface area contributed by atoms with Crippen molar-refractivity contribution >= 4 is 5.82 Å². The summed E-state index contributed by atoms with van der Waals surface area (Å²) in [5, 5.41) is 3.53. The number of anilines is 1. The van der Waals surface area contributed by atoms with Crippen LogP contribution in [-0.2, 0) is 0 Å². The normalized spacial score (nSPS) is 16.9. The largest absolute Gasteiger partial charge is 0.367 e. The monoisotopic (exact) mass is 263 g/mol. The molecule has 0 amide bonds. The summed E-state index contributed by atoms with van der Waals surface area (Å²) >= 11 is 0. The summed E-state index contributed by atoms with van der Waals surface area (Å²) in [6.07, 6.45) is 4.35. The lowest BCUT2D eigenvalue weighted by atomic mass is 10.0. The van der Waals surface area contributed by atoms with Crippen molar-refractivity contribution in [2.24, 2.45) is 0 Å². The molecule has 3 heteroatoms. The first kappa shape index (κ1) is 16.0. The molecule has 19 heavy (non-hydrogen) atoms. The second kappa shape index (κ2) is 8.16. The highest BCUT2D eigenvalue weighted by molar-refractivity contribution is 5.36. The molecule has 1 aliphatic heterocycles. The molecular formula is C16H29N3. The van der Waals surface area contributed by atoms with E-state index in [1.165, 1.54) is 31.5 Å². The quantitative estimate of drug-likeness (QED) is 0.901. The topological polar surface area (TPSA) is 28.2 Å². The molecule has 1 saturated heterocycles. The highest BCUT2D eigenvalue weighted by Crippen LogP contribution is 2.16. The molecule has 0 bridgehead atoms. The fraction of sp³-hybridized carbons (Fsp3) is 0.688. The van der Waals surface area contributed by atoms with Gasteiger partial charge in [0.1, 0.15) is 5.82 Å². The van der Waals surface area contributed by atoms with Crippen LogP contribution in [0, 0.1) is 6.92 Å². The average molecular weight is 263 g/mol. The van der Waals surface area contributed by atoms with Crippen LogP contribution >= 0.6 is 0 Å². The van der Waals surface area contributed by atoms with E-state index < -0.39 is 0 Å². The maximum absolute atomic E-state index is 4.40. The molecule has 0 unspecified atom stereocenters. The second-order valence-corrected chi connectivity index (χ2v) is 5.27. The maximum atomic E-state index is 4.40. The van der Waals surface area contributed by atoms with Gasteiger partial charge in [0.25, 0.3) is 0 Å². The van der Waals surface area contributed by atoms with Crippen LogP contribution in [0.5, 0.6) is 0 Å². The lowest BCUT2D eigenvalue weighted by Crippen LogP contribution is -2.42. The van der Waals surface area contributed by atoms with Gasteiger partial charge in [-0.3, -0.25) is 0 Å². The maximum Gasteiger partial charge on any atom is 0.126 e. The summed E-state index contributed by atoms with van der Waals surface area (Å²) in [5.41, 5.74) is 1.21. The number of hydrogen-bond donors (Lipinski definition) is 1. The molecule has 0 aromatic carbocycles. The lowest BCUT2D eigenvalue weighted by molar-refractivity contribution is 0.177. The van der Waals surface area contributed by atoms with Crippen molar-refractivity contribution in [1.82, 2.24) is 9.88 Å². The SMILES string of the molecule is CC.Cc1ccc(NC2CCN(C(C)C)CC2)nc1. The summed E-state index contributed by atoms with van der Waals surface area (Å²) in [7, 11) is 0. The van der Waals surface area contributed by atoms with Crippen molar-refractivity contribution in [3.63, 3.8) is 0 Å². The Hall–Kier alpha value is -1.09. The van der Waals surface area contributed by atoms with Crippen molar-refractivity contribution < 1.29 is 0 Å². The smallest absolute Gasteiger partial charge is 0.126 e. The van der Waals surface area contributed by atoms with Crippen LogP contribution in [-0.4, -0.2) is 35.1 Å². The van der Waals surface area contributed by atoms with E-state index in [9.17, 15) is 0 Å². The van der Waals surface area contributed by atoms with E-state index in [0.29, 0.717) is 12.1 Å². The van der Waals surface area contributed by atoms with Crippen molar-refractivity contribution in [2.45, 2.75) is 59.5 Å². The van der Waals surface area contributed by atoms with Gasteiger partial charge in [-0.15, -0.1) is 0 Å². The Morgan fingerprint density at radius 3 is 2.32 bits per heavy atom. The number of aryl methyl sites for hydroxylation is 1. The van der Waals surface area contributed by atoms with E-state index in [-0.39, 0.29) is 0 Å². The van der Waals surface area contributed by atoms with Crippen molar-refractivity contribution in [3.05, 3.63) is 23.9 Å². The lowest BCUT2D eigenvalue weighted by Gasteiger charge is -2.35. The van der Waals surface area contributed by atoms with Gasteiger partial charge in [0.2, 0.25) is 0 Å². The average Bonchev–Trinajstić information content (AvgIpc) is 2.44. The van der Waals surface area contributed by atoms with Gasteiger partial charge in [-0.2, -0.15) is 0 Å². The molecule has 1 aromatic heterocycles. The molecule has 0 spiro atoms. The number of pyridine rings is 1. The minimum absolute atomic E-state index is 0.584. The molecule has 108 valence electrons. The molecular weight excluding hydrogens is 234 g/mol. The Bertz CT molecular complexity index is 338. The van der Waals surface area contributed by atoms with Gasteiger partial charge in [0.15, 0.2) is 0 Å². The van der Waals surface area contributed by atoms with Gasteiger partial charge < -0.3 is 10.2 Å². The van der Waals surface area contributed by atoms with Crippen LogP contribution < -0.4 is 5.32 Å². The van der Waals surface area contributed by atoms with E-state index in [4.69, 9.17) is 0 Å². The van der Waals surface area contributed by atoms with Crippen LogP contribution in [0.1, 0.15) is 46.1 Å². The Kier molecular flexibility index (Phi) is 6.85. The zero-order valence-electron chi connectivity index (χ0n) is 13.1. The minimum Gasteiger partial charge on any atom is -0.367 e. The van der Waals surface area contributed by atoms with Gasteiger partial charge in [-0.1, -0.05) is 19.9 Å². The van der Waals surface area contributed by atoms with E-state index >= 15 is 0 Å². The number of rotatable bonds is 3. The summed E-state index contributed by atoms with van der Waals surface area (Å²) in [4.78, 5) is 6.94. The highest BCUT2D eigenvalue weighted by Gasteiger charge is 2.20. The van der Waals surface area contributed by atoms with Crippen molar-refractivity contribution in [2.75, 3.05) is 18.4 Å². The molecule has 1 fully saturated rings.